The van der Waals surface area contributed by atoms with E-state index < -0.39 is 0 Å². The van der Waals surface area contributed by atoms with Crippen LogP contribution in [0.1, 0.15) is 207 Å². The number of amides is 1. The Hall–Kier alpha value is -1.06. The highest BCUT2D eigenvalue weighted by atomic mass is 16.5. The monoisotopic (exact) mass is 566 g/mol. The lowest BCUT2D eigenvalue weighted by Crippen LogP contribution is -2.38. The number of hydrogen-bond donors (Lipinski definition) is 1. The van der Waals surface area contributed by atoms with Crippen LogP contribution in [0.4, 0.5) is 0 Å². The Kier molecular flexibility index (Phi) is 31.6. The molecule has 0 aliphatic heterocycles. The van der Waals surface area contributed by atoms with Crippen LogP contribution in [0, 0.1) is 0 Å². The molecule has 4 nitrogen and oxygen atoms in total. The van der Waals surface area contributed by atoms with Gasteiger partial charge in [-0.3, -0.25) is 9.59 Å². The first-order valence-corrected chi connectivity index (χ1v) is 18.1. The van der Waals surface area contributed by atoms with E-state index in [4.69, 9.17) is 4.74 Å². The van der Waals surface area contributed by atoms with E-state index >= 15 is 0 Å². The standard InChI is InChI=1S/C36H71NO3/c1-4-7-9-11-13-15-17-19-21-23-25-27-29-31-35(38)37-34(6-3)33-40-36(39)32-30-28-26-24-22-20-18-16-14-12-10-8-5-2/h34H,4-33H2,1-3H3,(H,37,38)/t34-/m0/s1. The minimum atomic E-state index is -0.118. The number of carbonyl (C=O) groups is 2. The smallest absolute Gasteiger partial charge is 0.305 e. The zero-order valence-corrected chi connectivity index (χ0v) is 27.5. The van der Waals surface area contributed by atoms with Gasteiger partial charge in [-0.05, 0) is 19.3 Å². The maximum absolute atomic E-state index is 12.3. The second-order valence-electron chi connectivity index (χ2n) is 12.3. The molecule has 0 aliphatic rings. The van der Waals surface area contributed by atoms with Crippen LogP contribution in [-0.2, 0) is 14.3 Å². The van der Waals surface area contributed by atoms with Crippen molar-refractivity contribution in [2.75, 3.05) is 6.61 Å². The molecule has 0 aliphatic carbocycles. The van der Waals surface area contributed by atoms with E-state index in [2.05, 4.69) is 19.2 Å². The Morgan fingerprint density at radius 1 is 0.475 bits per heavy atom. The minimum absolute atomic E-state index is 0.0648. The number of carbonyl (C=O) groups excluding carboxylic acids is 2. The van der Waals surface area contributed by atoms with Gasteiger partial charge < -0.3 is 10.1 Å². The molecule has 4 heteroatoms. The summed E-state index contributed by atoms with van der Waals surface area (Å²) in [7, 11) is 0. The summed E-state index contributed by atoms with van der Waals surface area (Å²) in [4.78, 5) is 24.4. The fourth-order valence-electron chi connectivity index (χ4n) is 5.42. The summed E-state index contributed by atoms with van der Waals surface area (Å²) in [6, 6.07) is -0.0648. The number of ether oxygens (including phenoxy) is 1. The van der Waals surface area contributed by atoms with Gasteiger partial charge in [-0.1, -0.05) is 175 Å². The van der Waals surface area contributed by atoms with Gasteiger partial charge in [-0.15, -0.1) is 0 Å². The maximum atomic E-state index is 12.3. The molecule has 1 atom stereocenters. The van der Waals surface area contributed by atoms with Crippen molar-refractivity contribution in [2.24, 2.45) is 0 Å². The molecule has 1 N–H and O–H groups in total. The van der Waals surface area contributed by atoms with E-state index in [0.29, 0.717) is 19.4 Å². The zero-order valence-electron chi connectivity index (χ0n) is 27.5. The van der Waals surface area contributed by atoms with Crippen LogP contribution in [0.5, 0.6) is 0 Å². The van der Waals surface area contributed by atoms with Crippen LogP contribution in [0.25, 0.3) is 0 Å². The quantitative estimate of drug-likeness (QED) is 0.0652. The lowest BCUT2D eigenvalue weighted by Gasteiger charge is -2.17. The van der Waals surface area contributed by atoms with Gasteiger partial charge >= 0.3 is 5.97 Å². The molecule has 1 amide bonds. The summed E-state index contributed by atoms with van der Waals surface area (Å²) in [5, 5.41) is 3.07. The molecule has 0 saturated heterocycles. The van der Waals surface area contributed by atoms with Gasteiger partial charge in [0.05, 0.1) is 6.04 Å². The van der Waals surface area contributed by atoms with Gasteiger partial charge in [0.1, 0.15) is 6.61 Å². The molecule has 0 heterocycles. The normalized spacial score (nSPS) is 12.0. The number of unbranched alkanes of at least 4 members (excludes halogenated alkanes) is 24. The topological polar surface area (TPSA) is 55.4 Å². The molecule has 0 fully saturated rings. The highest BCUT2D eigenvalue weighted by Crippen LogP contribution is 2.14. The second-order valence-corrected chi connectivity index (χ2v) is 12.3. The molecular formula is C36H71NO3. The summed E-state index contributed by atoms with van der Waals surface area (Å²) in [6.07, 6.45) is 35.9. The van der Waals surface area contributed by atoms with E-state index in [-0.39, 0.29) is 17.9 Å². The van der Waals surface area contributed by atoms with Crippen molar-refractivity contribution >= 4 is 11.9 Å². The molecule has 0 aromatic carbocycles. The average Bonchev–Trinajstić information content (AvgIpc) is 2.96. The van der Waals surface area contributed by atoms with Crippen molar-refractivity contribution in [3.63, 3.8) is 0 Å². The van der Waals surface area contributed by atoms with E-state index in [1.54, 1.807) is 0 Å². The van der Waals surface area contributed by atoms with Gasteiger partial charge in [-0.25, -0.2) is 0 Å². The van der Waals surface area contributed by atoms with Crippen LogP contribution in [0.15, 0.2) is 0 Å². The van der Waals surface area contributed by atoms with Crippen LogP contribution in [0.3, 0.4) is 0 Å². The lowest BCUT2D eigenvalue weighted by molar-refractivity contribution is -0.145. The van der Waals surface area contributed by atoms with Crippen molar-refractivity contribution in [3.8, 4) is 0 Å². The Balaban J connectivity index is 3.53. The summed E-state index contributed by atoms with van der Waals surface area (Å²) >= 11 is 0. The van der Waals surface area contributed by atoms with Gasteiger partial charge in [0.25, 0.3) is 0 Å². The largest absolute Gasteiger partial charge is 0.463 e. The highest BCUT2D eigenvalue weighted by Gasteiger charge is 2.13. The Morgan fingerprint density at radius 3 is 1.15 bits per heavy atom. The van der Waals surface area contributed by atoms with Gasteiger partial charge in [0.15, 0.2) is 0 Å². The Morgan fingerprint density at radius 2 is 0.800 bits per heavy atom. The van der Waals surface area contributed by atoms with Crippen LogP contribution >= 0.6 is 0 Å². The maximum Gasteiger partial charge on any atom is 0.305 e. The average molecular weight is 566 g/mol. The number of esters is 1. The zero-order chi connectivity index (χ0) is 29.4. The van der Waals surface area contributed by atoms with Crippen molar-refractivity contribution in [2.45, 2.75) is 213 Å². The Bertz CT molecular complexity index is 536. The molecule has 0 saturated carbocycles. The van der Waals surface area contributed by atoms with Crippen molar-refractivity contribution in [1.29, 1.82) is 0 Å². The fraction of sp³-hybridized carbons (Fsp3) is 0.944. The third kappa shape index (κ3) is 29.9. The van der Waals surface area contributed by atoms with E-state index in [9.17, 15) is 9.59 Å². The van der Waals surface area contributed by atoms with E-state index in [1.165, 1.54) is 141 Å². The molecule has 0 radical (unpaired) electrons. The number of nitrogens with one attached hydrogen (secondary N) is 1. The van der Waals surface area contributed by atoms with E-state index in [1.807, 2.05) is 6.92 Å². The summed E-state index contributed by atoms with van der Waals surface area (Å²) in [6.45, 7) is 6.89. The van der Waals surface area contributed by atoms with E-state index in [0.717, 1.165) is 32.1 Å². The first-order valence-electron chi connectivity index (χ1n) is 18.1. The first kappa shape index (κ1) is 38.9. The molecular weight excluding hydrogens is 494 g/mol. The van der Waals surface area contributed by atoms with Crippen molar-refractivity contribution in [1.82, 2.24) is 5.32 Å². The number of hydrogen-bond acceptors (Lipinski definition) is 3. The summed E-state index contributed by atoms with van der Waals surface area (Å²) < 4.78 is 5.47. The van der Waals surface area contributed by atoms with Gasteiger partial charge in [-0.2, -0.15) is 0 Å². The van der Waals surface area contributed by atoms with Crippen molar-refractivity contribution in [3.05, 3.63) is 0 Å². The van der Waals surface area contributed by atoms with Gasteiger partial charge in [0, 0.05) is 12.8 Å². The highest BCUT2D eigenvalue weighted by molar-refractivity contribution is 5.76. The van der Waals surface area contributed by atoms with Crippen LogP contribution < -0.4 is 5.32 Å². The fourth-order valence-corrected chi connectivity index (χ4v) is 5.42. The third-order valence-corrected chi connectivity index (χ3v) is 8.30. The number of rotatable bonds is 32. The van der Waals surface area contributed by atoms with Crippen molar-refractivity contribution < 1.29 is 14.3 Å². The molecule has 40 heavy (non-hydrogen) atoms. The lowest BCUT2D eigenvalue weighted by atomic mass is 10.0. The summed E-state index contributed by atoms with van der Waals surface area (Å²) in [5.41, 5.74) is 0. The Labute approximate surface area is 250 Å². The van der Waals surface area contributed by atoms with Gasteiger partial charge in [0.2, 0.25) is 5.91 Å². The predicted octanol–water partition coefficient (Wildman–Crippen LogP) is 11.4. The van der Waals surface area contributed by atoms with Crippen LogP contribution in [0.2, 0.25) is 0 Å². The molecule has 0 aromatic rings. The molecule has 238 valence electrons. The molecule has 0 unspecified atom stereocenters. The third-order valence-electron chi connectivity index (χ3n) is 8.30. The minimum Gasteiger partial charge on any atom is -0.463 e. The molecule has 0 spiro atoms. The second kappa shape index (κ2) is 32.5. The first-order chi connectivity index (χ1) is 19.6. The molecule has 0 bridgehead atoms. The molecule has 0 rings (SSSR count). The molecule has 0 aromatic heterocycles. The van der Waals surface area contributed by atoms with Crippen LogP contribution in [-0.4, -0.2) is 24.5 Å². The summed E-state index contributed by atoms with van der Waals surface area (Å²) in [5.74, 6) is -0.0188. The predicted molar refractivity (Wildman–Crippen MR) is 174 cm³/mol. The SMILES string of the molecule is CCCCCCCCCCCCCCCC(=O)N[C@@H](CC)COC(=O)CCCCCCCCCCCCCCC.